The molecule has 0 unspecified atom stereocenters. The summed E-state index contributed by atoms with van der Waals surface area (Å²) in [6.07, 6.45) is 0. The topological polar surface area (TPSA) is 63.9 Å². The van der Waals surface area contributed by atoms with E-state index in [0.717, 1.165) is 22.2 Å². The fourth-order valence-electron chi connectivity index (χ4n) is 2.39. The van der Waals surface area contributed by atoms with Gasteiger partial charge < -0.3 is 15.5 Å². The summed E-state index contributed by atoms with van der Waals surface area (Å²) in [5, 5.41) is 2.32. The number of rotatable bonds is 2. The second-order valence-corrected chi connectivity index (χ2v) is 4.93. The Balaban J connectivity index is 1.71. The average Bonchev–Trinajstić information content (AvgIpc) is 2.88. The fraction of sp³-hybridized carbons (Fsp3) is 0. The number of hydrogen-bond donors (Lipinski definition) is 2. The maximum Gasteiger partial charge on any atom is 0.300 e. The molecule has 0 atom stereocenters. The lowest BCUT2D eigenvalue weighted by Crippen LogP contribution is -1.86. The lowest BCUT2D eigenvalue weighted by Gasteiger charge is -2.03. The third-order valence-electron chi connectivity index (χ3n) is 3.42. The van der Waals surface area contributed by atoms with Gasteiger partial charge in [-0.3, -0.25) is 0 Å². The van der Waals surface area contributed by atoms with Crippen molar-refractivity contribution in [2.75, 3.05) is 5.73 Å². The van der Waals surface area contributed by atoms with Crippen molar-refractivity contribution in [2.45, 2.75) is 0 Å². The van der Waals surface area contributed by atoms with E-state index in [2.05, 4.69) is 22.1 Å². The molecule has 0 saturated carbocycles. The first kappa shape index (κ1) is 11.8. The minimum absolute atomic E-state index is 0.464. The molecule has 0 saturated heterocycles. The van der Waals surface area contributed by atoms with Crippen LogP contribution in [0.4, 0.5) is 5.69 Å². The number of anilines is 1. The van der Waals surface area contributed by atoms with Crippen molar-refractivity contribution in [1.29, 1.82) is 0 Å². The van der Waals surface area contributed by atoms with Crippen LogP contribution in [0.15, 0.2) is 60.7 Å². The standard InChI is InChI=1S/C17H13N3O/c18-13-6-8-15-16(10-13)20-17(19-15)21-14-7-5-11-3-1-2-4-12(11)9-14/h1-10H,18H2,(H,19,20). The Morgan fingerprint density at radius 1 is 0.905 bits per heavy atom. The van der Waals surface area contributed by atoms with Gasteiger partial charge in [-0.15, -0.1) is 0 Å². The zero-order valence-electron chi connectivity index (χ0n) is 11.2. The molecule has 0 bridgehead atoms. The molecule has 0 aliphatic heterocycles. The van der Waals surface area contributed by atoms with Crippen molar-refractivity contribution in [3.8, 4) is 11.8 Å². The number of nitrogens with zero attached hydrogens (tertiary/aromatic N) is 1. The van der Waals surface area contributed by atoms with Crippen molar-refractivity contribution < 1.29 is 4.74 Å². The summed E-state index contributed by atoms with van der Waals surface area (Å²) in [6.45, 7) is 0. The molecule has 4 rings (SSSR count). The maximum absolute atomic E-state index is 5.80. The highest BCUT2D eigenvalue weighted by atomic mass is 16.5. The van der Waals surface area contributed by atoms with Gasteiger partial charge in [-0.1, -0.05) is 30.3 Å². The smallest absolute Gasteiger partial charge is 0.300 e. The Morgan fingerprint density at radius 3 is 2.67 bits per heavy atom. The summed E-state index contributed by atoms with van der Waals surface area (Å²) in [5.41, 5.74) is 8.16. The molecule has 4 aromatic rings. The van der Waals surface area contributed by atoms with E-state index in [1.807, 2.05) is 48.5 Å². The molecule has 1 aromatic heterocycles. The molecule has 0 spiro atoms. The molecule has 0 radical (unpaired) electrons. The summed E-state index contributed by atoms with van der Waals surface area (Å²) in [5.74, 6) is 0.751. The van der Waals surface area contributed by atoms with Gasteiger partial charge in [0.05, 0.1) is 11.0 Å². The number of nitrogen functional groups attached to an aromatic ring is 1. The first-order valence-electron chi connectivity index (χ1n) is 6.70. The normalized spacial score (nSPS) is 11.0. The van der Waals surface area contributed by atoms with Crippen LogP contribution in [0.2, 0.25) is 0 Å². The molecular weight excluding hydrogens is 262 g/mol. The number of nitrogens with two attached hydrogens (primary N) is 1. The predicted octanol–water partition coefficient (Wildman–Crippen LogP) is 4.09. The van der Waals surface area contributed by atoms with Crippen LogP contribution >= 0.6 is 0 Å². The quantitative estimate of drug-likeness (QED) is 0.541. The lowest BCUT2D eigenvalue weighted by molar-refractivity contribution is 0.450. The lowest BCUT2D eigenvalue weighted by atomic mass is 10.1. The van der Waals surface area contributed by atoms with E-state index < -0.39 is 0 Å². The molecule has 0 aliphatic rings. The van der Waals surface area contributed by atoms with Crippen molar-refractivity contribution in [2.24, 2.45) is 0 Å². The third-order valence-corrected chi connectivity index (χ3v) is 3.42. The number of aromatic amines is 1. The SMILES string of the molecule is Nc1ccc2nc(Oc3ccc4ccccc4c3)[nH]c2c1. The molecule has 0 amide bonds. The molecule has 0 aliphatic carbocycles. The van der Waals surface area contributed by atoms with Crippen LogP contribution in [0.5, 0.6) is 11.8 Å². The number of benzene rings is 3. The Kier molecular flexibility index (Phi) is 2.54. The molecule has 3 N–H and O–H groups in total. The Hall–Kier alpha value is -3.01. The van der Waals surface area contributed by atoms with Crippen LogP contribution in [-0.2, 0) is 0 Å². The Bertz CT molecular complexity index is 943. The van der Waals surface area contributed by atoms with Gasteiger partial charge in [-0.05, 0) is 41.1 Å². The number of hydrogen-bond acceptors (Lipinski definition) is 3. The minimum Gasteiger partial charge on any atom is -0.426 e. The van der Waals surface area contributed by atoms with Crippen molar-refractivity contribution in [3.63, 3.8) is 0 Å². The van der Waals surface area contributed by atoms with Crippen molar-refractivity contribution >= 4 is 27.5 Å². The van der Waals surface area contributed by atoms with E-state index >= 15 is 0 Å². The second-order valence-electron chi connectivity index (χ2n) is 4.93. The highest BCUT2D eigenvalue weighted by Gasteiger charge is 2.05. The average molecular weight is 275 g/mol. The molecule has 21 heavy (non-hydrogen) atoms. The predicted molar refractivity (Wildman–Crippen MR) is 84.5 cm³/mol. The third kappa shape index (κ3) is 2.17. The summed E-state index contributed by atoms with van der Waals surface area (Å²) in [6, 6.07) is 20.1. The monoisotopic (exact) mass is 275 g/mol. The summed E-state index contributed by atoms with van der Waals surface area (Å²) in [4.78, 5) is 7.52. The van der Waals surface area contributed by atoms with Gasteiger partial charge in [0.1, 0.15) is 5.75 Å². The first-order chi connectivity index (χ1) is 10.3. The van der Waals surface area contributed by atoms with Crippen molar-refractivity contribution in [1.82, 2.24) is 9.97 Å². The highest BCUT2D eigenvalue weighted by molar-refractivity contribution is 5.84. The van der Waals surface area contributed by atoms with E-state index in [0.29, 0.717) is 11.7 Å². The number of ether oxygens (including phenoxy) is 1. The molecule has 3 aromatic carbocycles. The number of nitrogens with one attached hydrogen (secondary N) is 1. The largest absolute Gasteiger partial charge is 0.426 e. The Morgan fingerprint density at radius 2 is 1.76 bits per heavy atom. The van der Waals surface area contributed by atoms with Crippen LogP contribution in [0.1, 0.15) is 0 Å². The first-order valence-corrected chi connectivity index (χ1v) is 6.70. The van der Waals surface area contributed by atoms with Crippen molar-refractivity contribution in [3.05, 3.63) is 60.7 Å². The number of H-pyrrole nitrogens is 1. The van der Waals surface area contributed by atoms with E-state index in [1.165, 1.54) is 5.39 Å². The molecule has 4 heteroatoms. The van der Waals surface area contributed by atoms with E-state index in [4.69, 9.17) is 10.5 Å². The van der Waals surface area contributed by atoms with Gasteiger partial charge in [0.15, 0.2) is 0 Å². The van der Waals surface area contributed by atoms with Crippen LogP contribution < -0.4 is 10.5 Å². The van der Waals surface area contributed by atoms with Crippen LogP contribution in [0.25, 0.3) is 21.8 Å². The zero-order chi connectivity index (χ0) is 14.2. The summed E-state index contributed by atoms with van der Waals surface area (Å²) in [7, 11) is 0. The van der Waals surface area contributed by atoms with Crippen LogP contribution in [0, 0.1) is 0 Å². The minimum atomic E-state index is 0.464. The summed E-state index contributed by atoms with van der Waals surface area (Å²) >= 11 is 0. The zero-order valence-corrected chi connectivity index (χ0v) is 11.2. The number of fused-ring (bicyclic) bond motifs is 2. The van der Waals surface area contributed by atoms with Gasteiger partial charge in [-0.25, -0.2) is 0 Å². The van der Waals surface area contributed by atoms with Gasteiger partial charge in [0, 0.05) is 5.69 Å². The van der Waals surface area contributed by atoms with Gasteiger partial charge in [-0.2, -0.15) is 4.98 Å². The molecule has 0 fully saturated rings. The van der Waals surface area contributed by atoms with Crippen LogP contribution in [0.3, 0.4) is 0 Å². The van der Waals surface area contributed by atoms with E-state index in [-0.39, 0.29) is 0 Å². The van der Waals surface area contributed by atoms with Crippen LogP contribution in [-0.4, -0.2) is 9.97 Å². The fourth-order valence-corrected chi connectivity index (χ4v) is 2.39. The summed E-state index contributed by atoms with van der Waals surface area (Å²) < 4.78 is 5.80. The number of aromatic nitrogens is 2. The van der Waals surface area contributed by atoms with Gasteiger partial charge in [0.2, 0.25) is 0 Å². The van der Waals surface area contributed by atoms with E-state index in [1.54, 1.807) is 0 Å². The maximum atomic E-state index is 5.80. The molecule has 1 heterocycles. The molecule has 102 valence electrons. The molecule has 4 nitrogen and oxygen atoms in total. The molecular formula is C17H13N3O. The van der Waals surface area contributed by atoms with Gasteiger partial charge >= 0.3 is 0 Å². The van der Waals surface area contributed by atoms with Gasteiger partial charge in [0.25, 0.3) is 6.01 Å². The number of imidazole rings is 1. The second kappa shape index (κ2) is 4.52. The Labute approximate surface area is 121 Å². The highest BCUT2D eigenvalue weighted by Crippen LogP contribution is 2.26. The van der Waals surface area contributed by atoms with E-state index in [9.17, 15) is 0 Å².